The number of ether oxygens (including phenoxy) is 1. The van der Waals surface area contributed by atoms with E-state index in [2.05, 4.69) is 0 Å². The number of benzene rings is 1. The van der Waals surface area contributed by atoms with Crippen molar-refractivity contribution in [1.82, 2.24) is 4.31 Å². The summed E-state index contributed by atoms with van der Waals surface area (Å²) in [6.45, 7) is 0.0327. The quantitative estimate of drug-likeness (QED) is 0.450. The summed E-state index contributed by atoms with van der Waals surface area (Å²) >= 11 is 5.50. The van der Waals surface area contributed by atoms with Gasteiger partial charge >= 0.3 is 12.3 Å². The van der Waals surface area contributed by atoms with Crippen LogP contribution in [0.1, 0.15) is 17.3 Å². The normalized spacial score (nSPS) is 13.4. The second-order valence-electron chi connectivity index (χ2n) is 4.28. The van der Waals surface area contributed by atoms with Crippen LogP contribution in [0.3, 0.4) is 0 Å². The maximum Gasteiger partial charge on any atom is 0.473 e. The van der Waals surface area contributed by atoms with Gasteiger partial charge in [-0.25, -0.2) is 17.6 Å². The van der Waals surface area contributed by atoms with Gasteiger partial charge in [-0.3, -0.25) is 0 Å². The first-order chi connectivity index (χ1) is 10.4. The molecule has 130 valence electrons. The predicted octanol–water partition coefficient (Wildman–Crippen LogP) is 2.29. The first kappa shape index (κ1) is 19.5. The van der Waals surface area contributed by atoms with Gasteiger partial charge in [0.1, 0.15) is 6.61 Å². The average molecular weight is 380 g/mol. The van der Waals surface area contributed by atoms with Gasteiger partial charge in [-0.2, -0.15) is 13.2 Å². The van der Waals surface area contributed by atoms with Gasteiger partial charge in [0.05, 0.1) is 16.6 Å². The number of carbonyl (C=O) groups is 1. The molecule has 0 heterocycles. The fourth-order valence-electron chi connectivity index (χ4n) is 1.59. The summed E-state index contributed by atoms with van der Waals surface area (Å²) in [5.41, 5.74) is -0.515. The summed E-state index contributed by atoms with van der Waals surface area (Å²) in [5, 5.41) is 8.41. The molecule has 0 bridgehead atoms. The Labute approximate surface area is 134 Å². The molecule has 0 aliphatic rings. The van der Waals surface area contributed by atoms with Crippen molar-refractivity contribution in [2.75, 3.05) is 6.61 Å². The van der Waals surface area contributed by atoms with Crippen LogP contribution >= 0.6 is 11.6 Å². The number of aromatic carboxylic acids is 1. The minimum atomic E-state index is -5.16. The van der Waals surface area contributed by atoms with Gasteiger partial charge in [-0.05, 0) is 19.1 Å². The lowest BCUT2D eigenvalue weighted by molar-refractivity contribution is -0.220. The molecule has 23 heavy (non-hydrogen) atoms. The molecular weight excluding hydrogens is 370 g/mol. The Hall–Kier alpha value is -1.59. The molecule has 0 saturated heterocycles. The number of carboxylic acid groups (broad SMARTS) is 1. The highest BCUT2D eigenvalue weighted by Gasteiger charge is 2.43. The number of rotatable bonds is 6. The van der Waals surface area contributed by atoms with E-state index in [1.165, 1.54) is 0 Å². The highest BCUT2D eigenvalue weighted by Crippen LogP contribution is 2.28. The first-order valence-electron chi connectivity index (χ1n) is 5.80. The van der Waals surface area contributed by atoms with Crippen LogP contribution in [0.5, 0.6) is 5.75 Å². The lowest BCUT2D eigenvalue weighted by atomic mass is 10.2. The molecule has 0 aliphatic heterocycles. The standard InChI is InChI=1S/C11H10ClF4NO5S/c1-5(17(23(20)21)11(14,15)16)4-22-9-2-6(10(18)19)7(12)3-8(9)13/h2-3,5,23H,4H2,1H3,(H,18,19)/t5-/m0/s1. The van der Waals surface area contributed by atoms with E-state index in [1.54, 1.807) is 0 Å². The zero-order valence-corrected chi connectivity index (χ0v) is 13.0. The zero-order chi connectivity index (χ0) is 17.9. The van der Waals surface area contributed by atoms with Gasteiger partial charge in [-0.1, -0.05) is 11.6 Å². The van der Waals surface area contributed by atoms with Gasteiger partial charge in [0.25, 0.3) is 0 Å². The SMILES string of the molecule is C[C@@H](COc1cc(C(=O)O)c(Cl)cc1F)N([SH](=O)=O)C(F)(F)F. The average Bonchev–Trinajstić information content (AvgIpc) is 2.34. The van der Waals surface area contributed by atoms with Gasteiger partial charge < -0.3 is 9.84 Å². The van der Waals surface area contributed by atoms with E-state index in [0.29, 0.717) is 12.1 Å². The van der Waals surface area contributed by atoms with Crippen LogP contribution < -0.4 is 4.74 Å². The highest BCUT2D eigenvalue weighted by atomic mass is 35.5. The van der Waals surface area contributed by atoms with Crippen molar-refractivity contribution in [3.8, 4) is 5.75 Å². The van der Waals surface area contributed by atoms with Crippen LogP contribution in [0.15, 0.2) is 12.1 Å². The Kier molecular flexibility index (Phi) is 6.19. The van der Waals surface area contributed by atoms with Gasteiger partial charge in [-0.15, -0.1) is 4.31 Å². The third-order valence-electron chi connectivity index (χ3n) is 2.59. The lowest BCUT2D eigenvalue weighted by Gasteiger charge is -2.25. The van der Waals surface area contributed by atoms with E-state index in [4.69, 9.17) is 21.4 Å². The maximum absolute atomic E-state index is 13.6. The summed E-state index contributed by atoms with van der Waals surface area (Å²) in [6, 6.07) is -0.373. The molecule has 1 rings (SSSR count). The van der Waals surface area contributed by atoms with Crippen molar-refractivity contribution in [3.05, 3.63) is 28.5 Å². The van der Waals surface area contributed by atoms with Crippen molar-refractivity contribution in [2.24, 2.45) is 0 Å². The van der Waals surface area contributed by atoms with Crippen LogP contribution in [0.2, 0.25) is 5.02 Å². The van der Waals surface area contributed by atoms with Crippen molar-refractivity contribution in [3.63, 3.8) is 0 Å². The monoisotopic (exact) mass is 379 g/mol. The zero-order valence-electron chi connectivity index (χ0n) is 11.3. The van der Waals surface area contributed by atoms with E-state index in [9.17, 15) is 30.8 Å². The van der Waals surface area contributed by atoms with Crippen molar-refractivity contribution in [2.45, 2.75) is 19.3 Å². The molecule has 1 aromatic carbocycles. The molecule has 0 radical (unpaired) electrons. The van der Waals surface area contributed by atoms with Gasteiger partial charge in [0.2, 0.25) is 10.9 Å². The van der Waals surface area contributed by atoms with E-state index in [-0.39, 0.29) is 0 Å². The fourth-order valence-corrected chi connectivity index (χ4v) is 2.39. The largest absolute Gasteiger partial charge is 0.489 e. The van der Waals surface area contributed by atoms with Crippen LogP contribution in [-0.4, -0.2) is 42.7 Å². The number of hydrogen-bond donors (Lipinski definition) is 2. The van der Waals surface area contributed by atoms with E-state index in [1.807, 2.05) is 0 Å². The lowest BCUT2D eigenvalue weighted by Crippen LogP contribution is -2.45. The molecule has 0 spiro atoms. The van der Waals surface area contributed by atoms with Crippen LogP contribution in [-0.2, 0) is 10.9 Å². The van der Waals surface area contributed by atoms with Crippen molar-refractivity contribution >= 4 is 28.5 Å². The number of nitrogens with zero attached hydrogens (tertiary/aromatic N) is 1. The second-order valence-corrected chi connectivity index (χ2v) is 5.59. The fraction of sp³-hybridized carbons (Fsp3) is 0.364. The van der Waals surface area contributed by atoms with Gasteiger partial charge in [0.15, 0.2) is 11.6 Å². The van der Waals surface area contributed by atoms with Crippen LogP contribution in [0.4, 0.5) is 17.6 Å². The number of carboxylic acids is 1. The summed E-state index contributed by atoms with van der Waals surface area (Å²) in [7, 11) is -3.98. The minimum absolute atomic E-state index is 0.421. The Morgan fingerprint density at radius 2 is 2.00 bits per heavy atom. The predicted molar refractivity (Wildman–Crippen MR) is 71.5 cm³/mol. The van der Waals surface area contributed by atoms with Gasteiger partial charge in [0, 0.05) is 0 Å². The smallest absolute Gasteiger partial charge is 0.473 e. The number of thiol groups is 1. The molecule has 0 fully saturated rings. The second kappa shape index (κ2) is 7.32. The summed E-state index contributed by atoms with van der Waals surface area (Å²) in [4.78, 5) is 10.9. The molecule has 0 saturated carbocycles. The van der Waals surface area contributed by atoms with Crippen LogP contribution in [0.25, 0.3) is 0 Å². The van der Waals surface area contributed by atoms with E-state index >= 15 is 0 Å². The molecule has 0 aromatic heterocycles. The van der Waals surface area contributed by atoms with Crippen molar-refractivity contribution < 1.29 is 40.6 Å². The summed E-state index contributed by atoms with van der Waals surface area (Å²) in [5.74, 6) is -3.26. The molecule has 1 N–H and O–H groups in total. The molecule has 1 aromatic rings. The topological polar surface area (TPSA) is 83.9 Å². The molecule has 1 atom stereocenters. The number of alkyl halides is 3. The van der Waals surface area contributed by atoms with Crippen LogP contribution in [0, 0.1) is 5.82 Å². The summed E-state index contributed by atoms with van der Waals surface area (Å²) < 4.78 is 76.6. The summed E-state index contributed by atoms with van der Waals surface area (Å²) in [6.07, 6.45) is -5.16. The Morgan fingerprint density at radius 3 is 2.43 bits per heavy atom. The molecule has 0 aliphatic carbocycles. The Morgan fingerprint density at radius 1 is 1.43 bits per heavy atom. The highest BCUT2D eigenvalue weighted by molar-refractivity contribution is 7.69. The van der Waals surface area contributed by atoms with Crippen molar-refractivity contribution in [1.29, 1.82) is 0 Å². The number of halogens is 5. The minimum Gasteiger partial charge on any atom is -0.489 e. The molecule has 0 amide bonds. The third kappa shape index (κ3) is 4.94. The first-order valence-corrected chi connectivity index (χ1v) is 7.31. The molecule has 6 nitrogen and oxygen atoms in total. The molecule has 0 unspecified atom stereocenters. The molecular formula is C11H10ClF4NO5S. The Balaban J connectivity index is 2.97. The number of hydrogen-bond acceptors (Lipinski definition) is 4. The molecule has 12 heteroatoms. The van der Waals surface area contributed by atoms with E-state index in [0.717, 1.165) is 6.92 Å². The van der Waals surface area contributed by atoms with E-state index < -0.39 is 62.3 Å². The third-order valence-corrected chi connectivity index (χ3v) is 3.87. The Bertz CT molecular complexity index is 671. The maximum atomic E-state index is 13.6.